The van der Waals surface area contributed by atoms with Gasteiger partial charge in [-0.2, -0.15) is 36.4 Å². The van der Waals surface area contributed by atoms with Gasteiger partial charge < -0.3 is 14.4 Å². The van der Waals surface area contributed by atoms with Crippen molar-refractivity contribution >= 4 is 44.6 Å². The number of hydrogen-bond donors (Lipinski definition) is 0. The fourth-order valence-electron chi connectivity index (χ4n) is 10.7. The van der Waals surface area contributed by atoms with Gasteiger partial charge in [0.15, 0.2) is 0 Å². The van der Waals surface area contributed by atoms with Crippen LogP contribution in [0.1, 0.15) is 22.3 Å². The van der Waals surface area contributed by atoms with E-state index in [9.17, 15) is 0 Å². The van der Waals surface area contributed by atoms with Crippen LogP contribution in [0.3, 0.4) is 0 Å². The molecular weight excluding hydrogens is 984 g/mol. The van der Waals surface area contributed by atoms with Crippen LogP contribution in [-0.4, -0.2) is 16.2 Å². The molecule has 0 spiro atoms. The fraction of sp³-hybridized carbons (Fsp3) is 0.0328. The number of para-hydroxylation sites is 4. The van der Waals surface area contributed by atoms with E-state index < -0.39 is 5.41 Å². The van der Waals surface area contributed by atoms with Crippen LogP contribution in [0.15, 0.2) is 231 Å². The normalized spacial score (nSPS) is 13.3. The number of pyridine rings is 1. The summed E-state index contributed by atoms with van der Waals surface area (Å²) in [6.07, 6.45) is 1.94. The van der Waals surface area contributed by atoms with E-state index in [1.54, 1.807) is 0 Å². The van der Waals surface area contributed by atoms with E-state index in [4.69, 9.17) is 4.98 Å². The van der Waals surface area contributed by atoms with Gasteiger partial charge in [0.25, 0.3) is 0 Å². The largest absolute Gasteiger partial charge is 2.00 e. The molecule has 0 radical (unpaired) electrons. The van der Waals surface area contributed by atoms with Crippen LogP contribution in [0, 0.1) is 12.1 Å². The molecule has 11 aromatic rings. The van der Waals surface area contributed by atoms with Crippen molar-refractivity contribution in [3.8, 4) is 39.2 Å². The summed E-state index contributed by atoms with van der Waals surface area (Å²) < 4.78 is 2.31. The third kappa shape index (κ3) is 6.06. The van der Waals surface area contributed by atoms with Crippen molar-refractivity contribution in [2.24, 2.45) is 0 Å². The van der Waals surface area contributed by atoms with Crippen molar-refractivity contribution in [3.05, 3.63) is 265 Å². The average molecular weight is 1020 g/mol. The van der Waals surface area contributed by atoms with Gasteiger partial charge in [-0.1, -0.05) is 163 Å². The van der Waals surface area contributed by atoms with Gasteiger partial charge in [0.2, 0.25) is 0 Å². The van der Waals surface area contributed by atoms with E-state index in [1.807, 2.05) is 6.20 Å². The van der Waals surface area contributed by atoms with Crippen molar-refractivity contribution in [2.45, 2.75) is 5.41 Å². The minimum Gasteiger partial charge on any atom is -0.345 e. The first-order chi connectivity index (χ1) is 32.3. The molecule has 0 fully saturated rings. The van der Waals surface area contributed by atoms with Crippen LogP contribution in [0.25, 0.3) is 61.0 Å². The summed E-state index contributed by atoms with van der Waals surface area (Å²) in [6, 6.07) is 89.0. The van der Waals surface area contributed by atoms with Crippen LogP contribution >= 0.6 is 0 Å². The van der Waals surface area contributed by atoms with Gasteiger partial charge in [-0.05, 0) is 92.4 Å². The Labute approximate surface area is 399 Å². The van der Waals surface area contributed by atoms with Gasteiger partial charge in [0.1, 0.15) is 5.82 Å². The van der Waals surface area contributed by atoms with Gasteiger partial charge in [-0.3, -0.25) is 0 Å². The standard InChI is InChI=1S/C61H40N4.Pt/c1-3-18-42(19-4-1)48-24-7-8-25-49(48)43-36-37-62-60(38-43)65-56-31-14-11-28-52(56)53-35-34-45(40-59(53)65)61(54-29-12-9-26-50(54)51-27-10-13-30-55(51)61)44-20-17-23-47(39-44)64-41-63(46-21-5-2-6-22-46)57-32-15-16-33-58(57)64;/h1-38H,41H2;/q-2;+2. The molecule has 2 aliphatic rings. The Bertz CT molecular complexity index is 3570. The number of nitrogens with zero attached hydrogens (tertiary/aromatic N) is 4. The topological polar surface area (TPSA) is 24.3 Å². The first-order valence-electron chi connectivity index (χ1n) is 22.2. The Morgan fingerprint density at radius 1 is 0.439 bits per heavy atom. The summed E-state index contributed by atoms with van der Waals surface area (Å²) in [6.45, 7) is 0.670. The first-order valence-corrected chi connectivity index (χ1v) is 22.2. The maximum atomic E-state index is 5.11. The SMILES string of the molecule is [Pt+2].[c-]1c(N2CN(c3ccccc3)c3ccccc32)cccc1C1(c2[c-]c3c(cc2)c2ccccc2n3-c2cc(-c3ccccc3-c3ccccc3)ccn2)c2ccccc2-c2ccccc21. The van der Waals surface area contributed by atoms with Crippen LogP contribution in [0.2, 0.25) is 0 Å². The second-order valence-corrected chi connectivity index (χ2v) is 16.9. The number of aromatic nitrogens is 2. The molecule has 66 heavy (non-hydrogen) atoms. The van der Waals surface area contributed by atoms with Crippen LogP contribution < -0.4 is 9.80 Å². The minimum atomic E-state index is -0.735. The molecule has 0 N–H and O–H groups in total. The van der Waals surface area contributed by atoms with Crippen LogP contribution in [0.4, 0.5) is 22.7 Å². The van der Waals surface area contributed by atoms with E-state index in [2.05, 4.69) is 251 Å². The summed E-state index contributed by atoms with van der Waals surface area (Å²) >= 11 is 0. The molecule has 1 aliphatic heterocycles. The van der Waals surface area contributed by atoms with E-state index >= 15 is 0 Å². The second-order valence-electron chi connectivity index (χ2n) is 16.9. The molecule has 0 saturated carbocycles. The first kappa shape index (κ1) is 39.8. The molecule has 4 nitrogen and oxygen atoms in total. The Morgan fingerprint density at radius 3 is 1.77 bits per heavy atom. The number of anilines is 4. The number of fused-ring (bicyclic) bond motifs is 7. The molecule has 3 heterocycles. The Balaban J connectivity index is 0.00000456. The van der Waals surface area contributed by atoms with Crippen molar-refractivity contribution in [1.29, 1.82) is 0 Å². The summed E-state index contributed by atoms with van der Waals surface area (Å²) in [5, 5.41) is 2.29. The molecule has 0 saturated heterocycles. The molecule has 2 aromatic heterocycles. The smallest absolute Gasteiger partial charge is 0.345 e. The van der Waals surface area contributed by atoms with E-state index in [1.165, 1.54) is 39.1 Å². The molecule has 5 heteroatoms. The van der Waals surface area contributed by atoms with E-state index in [-0.39, 0.29) is 21.1 Å². The minimum absolute atomic E-state index is 0. The predicted octanol–water partition coefficient (Wildman–Crippen LogP) is 14.7. The summed E-state index contributed by atoms with van der Waals surface area (Å²) in [5.74, 6) is 0.843. The molecule has 13 rings (SSSR count). The molecule has 0 atom stereocenters. The Morgan fingerprint density at radius 2 is 1.03 bits per heavy atom. The molecular formula is C61H40N4Pt. The third-order valence-electron chi connectivity index (χ3n) is 13.5. The average Bonchev–Trinajstić information content (AvgIpc) is 4.04. The Hall–Kier alpha value is -7.78. The molecule has 9 aromatic carbocycles. The maximum absolute atomic E-state index is 5.11. The molecule has 0 unspecified atom stereocenters. The second kappa shape index (κ2) is 16.0. The maximum Gasteiger partial charge on any atom is 2.00 e. The zero-order chi connectivity index (χ0) is 42.9. The van der Waals surface area contributed by atoms with Crippen LogP contribution in [-0.2, 0) is 26.5 Å². The Kier molecular flexibility index (Phi) is 9.66. The van der Waals surface area contributed by atoms with Gasteiger partial charge in [-0.15, -0.1) is 22.6 Å². The van der Waals surface area contributed by atoms with E-state index in [0.717, 1.165) is 66.9 Å². The number of benzene rings is 9. The summed E-state index contributed by atoms with van der Waals surface area (Å²) in [5.41, 5.74) is 17.5. The zero-order valence-electron chi connectivity index (χ0n) is 35.8. The van der Waals surface area contributed by atoms with Crippen molar-refractivity contribution in [2.75, 3.05) is 16.5 Å². The van der Waals surface area contributed by atoms with Gasteiger partial charge in [0.05, 0.1) is 18.0 Å². The van der Waals surface area contributed by atoms with Crippen molar-refractivity contribution < 1.29 is 21.1 Å². The predicted molar refractivity (Wildman–Crippen MR) is 266 cm³/mol. The van der Waals surface area contributed by atoms with Crippen molar-refractivity contribution in [1.82, 2.24) is 9.55 Å². The molecule has 0 bridgehead atoms. The van der Waals surface area contributed by atoms with Crippen molar-refractivity contribution in [3.63, 3.8) is 0 Å². The van der Waals surface area contributed by atoms with Crippen LogP contribution in [0.5, 0.6) is 0 Å². The van der Waals surface area contributed by atoms with E-state index in [0.29, 0.717) is 6.67 Å². The quantitative estimate of drug-likeness (QED) is 0.149. The van der Waals surface area contributed by atoms with Gasteiger partial charge >= 0.3 is 21.1 Å². The molecule has 0 amide bonds. The molecule has 314 valence electrons. The number of hydrogen-bond acceptors (Lipinski definition) is 3. The fourth-order valence-corrected chi connectivity index (χ4v) is 10.7. The van der Waals surface area contributed by atoms with Gasteiger partial charge in [0, 0.05) is 22.8 Å². The third-order valence-corrected chi connectivity index (χ3v) is 13.5. The zero-order valence-corrected chi connectivity index (χ0v) is 38.0. The van der Waals surface area contributed by atoms with Gasteiger partial charge in [-0.25, -0.2) is 4.98 Å². The monoisotopic (exact) mass is 1020 g/mol. The molecule has 1 aliphatic carbocycles. The number of rotatable bonds is 7. The summed E-state index contributed by atoms with van der Waals surface area (Å²) in [4.78, 5) is 9.89. The summed E-state index contributed by atoms with van der Waals surface area (Å²) in [7, 11) is 0.